The van der Waals surface area contributed by atoms with Gasteiger partial charge in [0.15, 0.2) is 0 Å². The van der Waals surface area contributed by atoms with Gasteiger partial charge in [-0.3, -0.25) is 4.79 Å². The molecule has 1 atom stereocenters. The Hall–Kier alpha value is -1.60. The lowest BCUT2D eigenvalue weighted by Gasteiger charge is -2.30. The second-order valence-electron chi connectivity index (χ2n) is 7.04. The first-order valence-electron chi connectivity index (χ1n) is 9.04. The Kier molecular flexibility index (Phi) is 5.64. The predicted octanol–water partition coefficient (Wildman–Crippen LogP) is 2.29. The SMILES string of the molecule is CS(=O)(=O)N1CCCC(C(=O)Nc2ccc(N3CCCCC3)cc2)C1. The fraction of sp³-hybridized carbons (Fsp3) is 0.611. The molecule has 2 aliphatic rings. The number of hydrogen-bond acceptors (Lipinski definition) is 4. The van der Waals surface area contributed by atoms with E-state index in [0.717, 1.165) is 31.6 Å². The molecule has 1 amide bonds. The minimum Gasteiger partial charge on any atom is -0.372 e. The molecule has 1 N–H and O–H groups in total. The van der Waals surface area contributed by atoms with Crippen LogP contribution in [0, 0.1) is 5.92 Å². The van der Waals surface area contributed by atoms with Gasteiger partial charge >= 0.3 is 0 Å². The Bertz CT molecular complexity index is 697. The van der Waals surface area contributed by atoms with Gasteiger partial charge in [-0.15, -0.1) is 0 Å². The van der Waals surface area contributed by atoms with Crippen LogP contribution in [0.15, 0.2) is 24.3 Å². The molecular formula is C18H27N3O3S. The molecule has 1 unspecified atom stereocenters. The standard InChI is InChI=1S/C18H27N3O3S/c1-25(23,24)21-13-5-6-15(14-21)18(22)19-16-7-9-17(10-8-16)20-11-3-2-4-12-20/h7-10,15H,2-6,11-14H2,1H3,(H,19,22). The van der Waals surface area contributed by atoms with Crippen molar-refractivity contribution in [2.75, 3.05) is 42.7 Å². The summed E-state index contributed by atoms with van der Waals surface area (Å²) in [5, 5.41) is 2.93. The van der Waals surface area contributed by atoms with E-state index in [1.807, 2.05) is 24.3 Å². The number of piperidine rings is 2. The number of benzene rings is 1. The Labute approximate surface area is 150 Å². The first-order chi connectivity index (χ1) is 11.9. The quantitative estimate of drug-likeness (QED) is 0.889. The van der Waals surface area contributed by atoms with Crippen LogP contribution in [0.3, 0.4) is 0 Å². The third kappa shape index (κ3) is 4.73. The molecule has 138 valence electrons. The van der Waals surface area contributed by atoms with Crippen molar-refractivity contribution in [1.82, 2.24) is 4.31 Å². The van der Waals surface area contributed by atoms with Gasteiger partial charge in [0.25, 0.3) is 0 Å². The summed E-state index contributed by atoms with van der Waals surface area (Å²) >= 11 is 0. The van der Waals surface area contributed by atoms with Crippen molar-refractivity contribution >= 4 is 27.3 Å². The van der Waals surface area contributed by atoms with E-state index in [4.69, 9.17) is 0 Å². The van der Waals surface area contributed by atoms with E-state index < -0.39 is 10.0 Å². The van der Waals surface area contributed by atoms with Crippen molar-refractivity contribution in [3.05, 3.63) is 24.3 Å². The van der Waals surface area contributed by atoms with E-state index in [2.05, 4.69) is 10.2 Å². The zero-order valence-corrected chi connectivity index (χ0v) is 15.6. The van der Waals surface area contributed by atoms with Crippen molar-refractivity contribution in [1.29, 1.82) is 0 Å². The molecule has 0 aliphatic carbocycles. The van der Waals surface area contributed by atoms with Gasteiger partial charge in [-0.1, -0.05) is 0 Å². The molecule has 0 saturated carbocycles. The highest BCUT2D eigenvalue weighted by Gasteiger charge is 2.30. The lowest BCUT2D eigenvalue weighted by atomic mass is 9.98. The number of carbonyl (C=O) groups is 1. The van der Waals surface area contributed by atoms with Crippen molar-refractivity contribution < 1.29 is 13.2 Å². The fourth-order valence-electron chi connectivity index (χ4n) is 3.61. The molecule has 2 fully saturated rings. The highest BCUT2D eigenvalue weighted by molar-refractivity contribution is 7.88. The average Bonchev–Trinajstić information content (AvgIpc) is 2.62. The number of nitrogens with zero attached hydrogens (tertiary/aromatic N) is 2. The summed E-state index contributed by atoms with van der Waals surface area (Å²) in [5.41, 5.74) is 1.96. The summed E-state index contributed by atoms with van der Waals surface area (Å²) < 4.78 is 24.8. The minimum absolute atomic E-state index is 0.0981. The number of amides is 1. The lowest BCUT2D eigenvalue weighted by molar-refractivity contribution is -0.120. The largest absolute Gasteiger partial charge is 0.372 e. The van der Waals surface area contributed by atoms with Gasteiger partial charge in [-0.05, 0) is 56.4 Å². The minimum atomic E-state index is -3.24. The maximum Gasteiger partial charge on any atom is 0.228 e. The highest BCUT2D eigenvalue weighted by Crippen LogP contribution is 2.24. The van der Waals surface area contributed by atoms with Crippen molar-refractivity contribution in [2.45, 2.75) is 32.1 Å². The molecule has 1 aromatic rings. The van der Waals surface area contributed by atoms with Gasteiger partial charge in [-0.25, -0.2) is 12.7 Å². The van der Waals surface area contributed by atoms with Crippen LogP contribution < -0.4 is 10.2 Å². The van der Waals surface area contributed by atoms with E-state index >= 15 is 0 Å². The molecule has 6 nitrogen and oxygen atoms in total. The van der Waals surface area contributed by atoms with Gasteiger partial charge < -0.3 is 10.2 Å². The lowest BCUT2D eigenvalue weighted by Crippen LogP contribution is -2.43. The normalized spacial score (nSPS) is 22.6. The Morgan fingerprint density at radius 2 is 1.72 bits per heavy atom. The van der Waals surface area contributed by atoms with Gasteiger partial charge in [0, 0.05) is 37.6 Å². The van der Waals surface area contributed by atoms with Gasteiger partial charge in [0.1, 0.15) is 0 Å². The van der Waals surface area contributed by atoms with Gasteiger partial charge in [0.05, 0.1) is 12.2 Å². The number of carbonyl (C=O) groups excluding carboxylic acids is 1. The molecule has 7 heteroatoms. The number of rotatable bonds is 4. The van der Waals surface area contributed by atoms with E-state index in [9.17, 15) is 13.2 Å². The van der Waals surface area contributed by atoms with Crippen molar-refractivity contribution in [2.24, 2.45) is 5.92 Å². The molecule has 25 heavy (non-hydrogen) atoms. The second kappa shape index (κ2) is 7.74. The van der Waals surface area contributed by atoms with E-state index in [0.29, 0.717) is 6.54 Å². The Morgan fingerprint density at radius 3 is 2.36 bits per heavy atom. The van der Waals surface area contributed by atoms with Gasteiger partial charge in [-0.2, -0.15) is 0 Å². The maximum atomic E-state index is 12.5. The molecule has 3 rings (SSSR count). The Balaban J connectivity index is 1.59. The average molecular weight is 365 g/mol. The van der Waals surface area contributed by atoms with Crippen LogP contribution >= 0.6 is 0 Å². The number of hydrogen-bond donors (Lipinski definition) is 1. The first-order valence-corrected chi connectivity index (χ1v) is 10.9. The molecule has 2 aliphatic heterocycles. The molecule has 2 heterocycles. The molecule has 2 saturated heterocycles. The van der Waals surface area contributed by atoms with Crippen LogP contribution in [0.1, 0.15) is 32.1 Å². The summed E-state index contributed by atoms with van der Waals surface area (Å²) in [5.74, 6) is -0.385. The van der Waals surface area contributed by atoms with E-state index in [1.165, 1.54) is 35.5 Å². The van der Waals surface area contributed by atoms with Crippen molar-refractivity contribution in [3.8, 4) is 0 Å². The highest BCUT2D eigenvalue weighted by atomic mass is 32.2. The summed E-state index contributed by atoms with van der Waals surface area (Å²) in [4.78, 5) is 14.9. The van der Waals surface area contributed by atoms with Crippen LogP contribution in [0.2, 0.25) is 0 Å². The molecule has 0 spiro atoms. The first kappa shape index (κ1) is 18.2. The van der Waals surface area contributed by atoms with Gasteiger partial charge in [0.2, 0.25) is 15.9 Å². The summed E-state index contributed by atoms with van der Waals surface area (Å²) in [6, 6.07) is 7.95. The molecular weight excluding hydrogens is 338 g/mol. The number of sulfonamides is 1. The predicted molar refractivity (Wildman–Crippen MR) is 100 cm³/mol. The topological polar surface area (TPSA) is 69.7 Å². The van der Waals surface area contributed by atoms with Crippen LogP contribution in [-0.4, -0.2) is 51.1 Å². The second-order valence-corrected chi connectivity index (χ2v) is 9.03. The third-order valence-electron chi connectivity index (χ3n) is 5.08. The van der Waals surface area contributed by atoms with E-state index in [-0.39, 0.29) is 18.4 Å². The van der Waals surface area contributed by atoms with Crippen LogP contribution in [0.25, 0.3) is 0 Å². The number of nitrogens with one attached hydrogen (secondary N) is 1. The zero-order chi connectivity index (χ0) is 17.9. The maximum absolute atomic E-state index is 12.5. The molecule has 0 radical (unpaired) electrons. The smallest absolute Gasteiger partial charge is 0.228 e. The Morgan fingerprint density at radius 1 is 1.04 bits per heavy atom. The third-order valence-corrected chi connectivity index (χ3v) is 6.35. The van der Waals surface area contributed by atoms with Crippen LogP contribution in [0.4, 0.5) is 11.4 Å². The molecule has 0 aromatic heterocycles. The monoisotopic (exact) mass is 365 g/mol. The number of anilines is 2. The molecule has 1 aromatic carbocycles. The summed E-state index contributed by atoms with van der Waals surface area (Å²) in [6.45, 7) is 2.97. The summed E-state index contributed by atoms with van der Waals surface area (Å²) in [7, 11) is -3.24. The van der Waals surface area contributed by atoms with E-state index in [1.54, 1.807) is 0 Å². The van der Waals surface area contributed by atoms with Crippen molar-refractivity contribution in [3.63, 3.8) is 0 Å². The van der Waals surface area contributed by atoms with Crippen LogP contribution in [-0.2, 0) is 14.8 Å². The van der Waals surface area contributed by atoms with Crippen LogP contribution in [0.5, 0.6) is 0 Å². The zero-order valence-electron chi connectivity index (χ0n) is 14.8. The summed E-state index contributed by atoms with van der Waals surface area (Å²) in [6.07, 6.45) is 6.42. The fourth-order valence-corrected chi connectivity index (χ4v) is 4.52. The molecule has 0 bridgehead atoms.